The molecule has 0 unspecified atom stereocenters. The van der Waals surface area contributed by atoms with Gasteiger partial charge in [-0.15, -0.1) is 0 Å². The highest BCUT2D eigenvalue weighted by molar-refractivity contribution is 5.88. The molecule has 0 aliphatic carbocycles. The van der Waals surface area contributed by atoms with Crippen molar-refractivity contribution in [1.82, 2.24) is 0 Å². The fourth-order valence-electron chi connectivity index (χ4n) is 8.40. The fraction of sp³-hybridized carbons (Fsp3) is 0.0357. The molecular formula is C56H32F11N3O. The zero-order valence-corrected chi connectivity index (χ0v) is 36.4. The molecule has 0 amide bonds. The molecule has 10 rings (SSSR count). The first-order valence-corrected chi connectivity index (χ1v) is 21.6. The Kier molecular flexibility index (Phi) is 11.7. The van der Waals surface area contributed by atoms with Crippen LogP contribution in [0.1, 0.15) is 11.1 Å². The number of fused-ring (bicyclic) bond motifs is 2. The zero-order valence-electron chi connectivity index (χ0n) is 36.4. The molecule has 0 saturated heterocycles. The Hall–Kier alpha value is -8.59. The number of anilines is 9. The first-order valence-electron chi connectivity index (χ1n) is 21.6. The third kappa shape index (κ3) is 9.21. The molecule has 1 heterocycles. The second-order valence-electron chi connectivity index (χ2n) is 16.3. The van der Waals surface area contributed by atoms with Crippen LogP contribution in [0.5, 0.6) is 11.5 Å². The number of rotatable bonds is 9. The number of halogens is 11. The monoisotopic (exact) mass is 971 g/mol. The first-order chi connectivity index (χ1) is 34.0. The van der Waals surface area contributed by atoms with Crippen molar-refractivity contribution in [3.63, 3.8) is 0 Å². The summed E-state index contributed by atoms with van der Waals surface area (Å²) in [5, 5.41) is 0. The molecule has 0 N–H and O–H groups in total. The molecular weight excluding hydrogens is 940 g/mol. The van der Waals surface area contributed by atoms with Crippen molar-refractivity contribution in [3.8, 4) is 33.8 Å². The normalized spacial score (nSPS) is 12.2. The van der Waals surface area contributed by atoms with E-state index in [0.29, 0.717) is 45.4 Å². The Morgan fingerprint density at radius 3 is 0.986 bits per heavy atom. The molecule has 71 heavy (non-hydrogen) atoms. The molecule has 1 aliphatic heterocycles. The van der Waals surface area contributed by atoms with Crippen LogP contribution >= 0.6 is 0 Å². The second kappa shape index (κ2) is 18.1. The third-order valence-electron chi connectivity index (χ3n) is 11.8. The van der Waals surface area contributed by atoms with Crippen LogP contribution in [0.25, 0.3) is 22.3 Å². The van der Waals surface area contributed by atoms with E-state index in [1.165, 1.54) is 41.3 Å². The lowest BCUT2D eigenvalue weighted by Crippen LogP contribution is -2.18. The summed E-state index contributed by atoms with van der Waals surface area (Å²) in [6.45, 7) is 0. The van der Waals surface area contributed by atoms with E-state index in [1.54, 1.807) is 72.8 Å². The molecule has 0 saturated carbocycles. The maximum Gasteiger partial charge on any atom is 0.416 e. The molecule has 0 bridgehead atoms. The predicted molar refractivity (Wildman–Crippen MR) is 251 cm³/mol. The zero-order chi connectivity index (χ0) is 49.8. The van der Waals surface area contributed by atoms with Gasteiger partial charge in [-0.2, -0.15) is 26.3 Å². The van der Waals surface area contributed by atoms with E-state index in [9.17, 15) is 48.3 Å². The smallest absolute Gasteiger partial charge is 0.416 e. The second-order valence-corrected chi connectivity index (χ2v) is 16.3. The Labute approximate surface area is 398 Å². The molecule has 9 aromatic rings. The minimum atomic E-state index is -4.75. The summed E-state index contributed by atoms with van der Waals surface area (Å²) in [4.78, 5) is 5.22. The Bertz CT molecular complexity index is 3310. The van der Waals surface area contributed by atoms with Crippen LogP contribution in [0, 0.1) is 29.1 Å². The molecule has 0 atom stereocenters. The standard InChI is InChI=1S/C56H32F11N3O/c57-39-9-19-44(20-10-39)68(43-17-5-35(6-18-43)36-29-48(59)54(61)49(60)30-36)41-13-1-33(2-14-41)34-3-15-42(16-4-34)69(45-21-11-40(58)12-22-45)46-23-25-47(26-24-46)70-50-27-7-37(55(62,63)64)31-52(50)71-53-32-38(56(65,66)67)8-28-51(53)70/h1-32H. The number of hydrogen-bond donors (Lipinski definition) is 0. The van der Waals surface area contributed by atoms with Gasteiger partial charge in [-0.05, 0) is 180 Å². The summed E-state index contributed by atoms with van der Waals surface area (Å²) < 4.78 is 158. The van der Waals surface area contributed by atoms with Crippen molar-refractivity contribution in [2.45, 2.75) is 12.4 Å². The summed E-state index contributed by atoms with van der Waals surface area (Å²) >= 11 is 0. The highest BCUT2D eigenvalue weighted by atomic mass is 19.4. The largest absolute Gasteiger partial charge is 0.453 e. The quantitative estimate of drug-likeness (QED) is 0.106. The number of ether oxygens (including phenoxy) is 1. The molecule has 0 spiro atoms. The fourth-order valence-corrected chi connectivity index (χ4v) is 8.40. The lowest BCUT2D eigenvalue weighted by Gasteiger charge is -2.34. The molecule has 9 aromatic carbocycles. The van der Waals surface area contributed by atoms with Crippen molar-refractivity contribution < 1.29 is 53.0 Å². The van der Waals surface area contributed by atoms with E-state index in [4.69, 9.17) is 4.74 Å². The third-order valence-corrected chi connectivity index (χ3v) is 11.8. The number of nitrogens with zero attached hydrogens (tertiary/aromatic N) is 3. The van der Waals surface area contributed by atoms with Gasteiger partial charge >= 0.3 is 12.4 Å². The lowest BCUT2D eigenvalue weighted by molar-refractivity contribution is -0.138. The van der Waals surface area contributed by atoms with Crippen LogP contribution in [0.15, 0.2) is 194 Å². The van der Waals surface area contributed by atoms with Gasteiger partial charge in [0.25, 0.3) is 0 Å². The Morgan fingerprint density at radius 1 is 0.338 bits per heavy atom. The van der Waals surface area contributed by atoms with Gasteiger partial charge in [-0.1, -0.05) is 36.4 Å². The maximum absolute atomic E-state index is 14.3. The molecule has 0 fully saturated rings. The van der Waals surface area contributed by atoms with Crippen LogP contribution in [0.2, 0.25) is 0 Å². The summed E-state index contributed by atoms with van der Waals surface area (Å²) in [7, 11) is 0. The van der Waals surface area contributed by atoms with E-state index < -0.39 is 52.6 Å². The van der Waals surface area contributed by atoms with E-state index >= 15 is 0 Å². The molecule has 0 radical (unpaired) electrons. The molecule has 354 valence electrons. The predicted octanol–water partition coefficient (Wildman–Crippen LogP) is 18.3. The number of hydrogen-bond acceptors (Lipinski definition) is 4. The summed E-state index contributed by atoms with van der Waals surface area (Å²) in [6, 6.07) is 47.5. The lowest BCUT2D eigenvalue weighted by atomic mass is 10.0. The summed E-state index contributed by atoms with van der Waals surface area (Å²) in [5.74, 6) is -5.69. The van der Waals surface area contributed by atoms with Crippen molar-refractivity contribution in [2.75, 3.05) is 14.7 Å². The SMILES string of the molecule is Fc1ccc(N(c2ccc(-c3ccc(N(c4ccc(F)cc4)c4ccc(N5c6ccc(C(F)(F)F)cc6Oc6cc(C(F)(F)F)ccc65)cc4)cc3)cc2)c2ccc(-c3cc(F)c(F)c(F)c3)cc2)cc1. The minimum absolute atomic E-state index is 0.143. The number of benzene rings is 9. The molecule has 1 aliphatic rings. The maximum atomic E-state index is 14.3. The van der Waals surface area contributed by atoms with Gasteiger partial charge in [0.1, 0.15) is 11.6 Å². The van der Waals surface area contributed by atoms with Gasteiger partial charge in [0.15, 0.2) is 29.0 Å². The van der Waals surface area contributed by atoms with Crippen molar-refractivity contribution in [2.24, 2.45) is 0 Å². The van der Waals surface area contributed by atoms with E-state index in [0.717, 1.165) is 47.5 Å². The van der Waals surface area contributed by atoms with Gasteiger partial charge in [0.2, 0.25) is 0 Å². The average Bonchev–Trinajstić information content (AvgIpc) is 3.36. The van der Waals surface area contributed by atoms with Crippen LogP contribution in [0.3, 0.4) is 0 Å². The van der Waals surface area contributed by atoms with Crippen molar-refractivity contribution in [1.29, 1.82) is 0 Å². The topological polar surface area (TPSA) is 19.0 Å². The highest BCUT2D eigenvalue weighted by Gasteiger charge is 2.36. The van der Waals surface area contributed by atoms with Crippen LogP contribution < -0.4 is 19.4 Å². The molecule has 4 nitrogen and oxygen atoms in total. The molecule has 0 aromatic heterocycles. The van der Waals surface area contributed by atoms with Gasteiger partial charge in [-0.25, -0.2) is 22.0 Å². The summed E-state index contributed by atoms with van der Waals surface area (Å²) in [5.41, 5.74) is 4.60. The average molecular weight is 972 g/mol. The van der Waals surface area contributed by atoms with Crippen LogP contribution in [-0.4, -0.2) is 0 Å². The van der Waals surface area contributed by atoms with Crippen LogP contribution in [-0.2, 0) is 12.4 Å². The van der Waals surface area contributed by atoms with Gasteiger partial charge in [0, 0.05) is 39.8 Å². The van der Waals surface area contributed by atoms with E-state index in [2.05, 4.69) is 0 Å². The van der Waals surface area contributed by atoms with E-state index in [-0.39, 0.29) is 28.4 Å². The Morgan fingerprint density at radius 2 is 0.648 bits per heavy atom. The molecule has 15 heteroatoms. The van der Waals surface area contributed by atoms with E-state index in [1.807, 2.05) is 58.3 Å². The van der Waals surface area contributed by atoms with Gasteiger partial charge in [-0.3, -0.25) is 0 Å². The summed E-state index contributed by atoms with van der Waals surface area (Å²) in [6.07, 6.45) is -9.50. The van der Waals surface area contributed by atoms with Crippen LogP contribution in [0.4, 0.5) is 99.5 Å². The van der Waals surface area contributed by atoms with Crippen molar-refractivity contribution >= 4 is 51.2 Å². The van der Waals surface area contributed by atoms with Crippen molar-refractivity contribution in [3.05, 3.63) is 234 Å². The highest BCUT2D eigenvalue weighted by Crippen LogP contribution is 2.53. The first kappa shape index (κ1) is 46.2. The van der Waals surface area contributed by atoms with Gasteiger partial charge < -0.3 is 19.4 Å². The Balaban J connectivity index is 0.958. The van der Waals surface area contributed by atoms with Gasteiger partial charge in [0.05, 0.1) is 22.5 Å². The number of alkyl halides is 6. The minimum Gasteiger partial charge on any atom is -0.453 e.